The Morgan fingerprint density at radius 3 is 2.00 bits per heavy atom. The van der Waals surface area contributed by atoms with Crippen LogP contribution >= 0.6 is 0 Å². The molecule has 0 heteroatoms. The van der Waals surface area contributed by atoms with Crippen molar-refractivity contribution in [2.75, 3.05) is 0 Å². The molecule has 0 heterocycles. The average molecular weight is 182 g/mol. The first-order valence-electron chi connectivity index (χ1n) is 5.78. The second kappa shape index (κ2) is 7.17. The summed E-state index contributed by atoms with van der Waals surface area (Å²) in [5.74, 6) is 2.55. The van der Waals surface area contributed by atoms with E-state index in [1.807, 2.05) is 0 Å². The summed E-state index contributed by atoms with van der Waals surface area (Å²) in [7, 11) is 0. The monoisotopic (exact) mass is 182 g/mol. The van der Waals surface area contributed by atoms with E-state index in [-0.39, 0.29) is 0 Å². The van der Waals surface area contributed by atoms with E-state index in [0.717, 1.165) is 17.8 Å². The van der Waals surface area contributed by atoms with Gasteiger partial charge in [0, 0.05) is 0 Å². The quantitative estimate of drug-likeness (QED) is 0.524. The SMILES string of the molecule is CCC=CCC(C)C(C)C(C)CC. The molecule has 0 fully saturated rings. The molecule has 0 saturated heterocycles. The molecule has 13 heavy (non-hydrogen) atoms. The van der Waals surface area contributed by atoms with Crippen LogP contribution in [0.1, 0.15) is 53.9 Å². The fourth-order valence-electron chi connectivity index (χ4n) is 1.62. The molecule has 0 aliphatic heterocycles. The second-order valence-corrected chi connectivity index (χ2v) is 4.34. The number of hydrogen-bond acceptors (Lipinski definition) is 0. The molecule has 0 rings (SSSR count). The van der Waals surface area contributed by atoms with Crippen molar-refractivity contribution in [1.82, 2.24) is 0 Å². The van der Waals surface area contributed by atoms with Gasteiger partial charge < -0.3 is 0 Å². The van der Waals surface area contributed by atoms with Crippen LogP contribution in [0, 0.1) is 17.8 Å². The fraction of sp³-hybridized carbons (Fsp3) is 0.846. The zero-order valence-electron chi connectivity index (χ0n) is 10.0. The molecule has 0 N–H and O–H groups in total. The molecule has 0 spiro atoms. The van der Waals surface area contributed by atoms with Gasteiger partial charge in [0.25, 0.3) is 0 Å². The van der Waals surface area contributed by atoms with Crippen LogP contribution in [0.5, 0.6) is 0 Å². The standard InChI is InChI=1S/C13H26/c1-6-8-9-10-12(4)13(5)11(3)7-2/h8-9,11-13H,6-7,10H2,1-5H3. The summed E-state index contributed by atoms with van der Waals surface area (Å²) >= 11 is 0. The Balaban J connectivity index is 3.81. The van der Waals surface area contributed by atoms with E-state index in [9.17, 15) is 0 Å². The fourth-order valence-corrected chi connectivity index (χ4v) is 1.62. The first-order chi connectivity index (χ1) is 6.13. The maximum atomic E-state index is 2.39. The van der Waals surface area contributed by atoms with Gasteiger partial charge in [0.2, 0.25) is 0 Å². The Labute approximate surface area is 84.4 Å². The highest BCUT2D eigenvalue weighted by molar-refractivity contribution is 4.83. The highest BCUT2D eigenvalue weighted by Crippen LogP contribution is 2.25. The first-order valence-corrected chi connectivity index (χ1v) is 5.78. The summed E-state index contributed by atoms with van der Waals surface area (Å²) in [6.45, 7) is 11.6. The summed E-state index contributed by atoms with van der Waals surface area (Å²) in [6.07, 6.45) is 8.34. The highest BCUT2D eigenvalue weighted by atomic mass is 14.2. The van der Waals surface area contributed by atoms with Crippen molar-refractivity contribution >= 4 is 0 Å². The zero-order chi connectivity index (χ0) is 10.3. The van der Waals surface area contributed by atoms with Crippen LogP contribution in [0.25, 0.3) is 0 Å². The van der Waals surface area contributed by atoms with Crippen LogP contribution in [0.2, 0.25) is 0 Å². The number of rotatable bonds is 6. The van der Waals surface area contributed by atoms with E-state index in [0.29, 0.717) is 0 Å². The normalized spacial score (nSPS) is 18.8. The first kappa shape index (κ1) is 12.7. The molecule has 0 radical (unpaired) electrons. The van der Waals surface area contributed by atoms with Gasteiger partial charge in [0.15, 0.2) is 0 Å². The van der Waals surface area contributed by atoms with Crippen molar-refractivity contribution in [2.24, 2.45) is 17.8 Å². The van der Waals surface area contributed by atoms with Crippen molar-refractivity contribution in [2.45, 2.75) is 53.9 Å². The van der Waals surface area contributed by atoms with Crippen LogP contribution in [0.3, 0.4) is 0 Å². The van der Waals surface area contributed by atoms with Crippen LogP contribution < -0.4 is 0 Å². The average Bonchev–Trinajstić information content (AvgIpc) is 2.15. The van der Waals surface area contributed by atoms with Gasteiger partial charge in [0.1, 0.15) is 0 Å². The molecule has 3 atom stereocenters. The summed E-state index contributed by atoms with van der Waals surface area (Å²) in [6, 6.07) is 0. The van der Waals surface area contributed by atoms with E-state index < -0.39 is 0 Å². The largest absolute Gasteiger partial charge is 0.0888 e. The summed E-state index contributed by atoms with van der Waals surface area (Å²) in [5.41, 5.74) is 0. The zero-order valence-corrected chi connectivity index (χ0v) is 10.0. The van der Waals surface area contributed by atoms with E-state index in [2.05, 4.69) is 46.8 Å². The number of allylic oxidation sites excluding steroid dienone is 2. The molecule has 0 bridgehead atoms. The molecule has 0 saturated carbocycles. The lowest BCUT2D eigenvalue weighted by atomic mass is 9.82. The third-order valence-electron chi connectivity index (χ3n) is 3.35. The lowest BCUT2D eigenvalue weighted by Crippen LogP contribution is -2.15. The molecule has 3 unspecified atom stereocenters. The van der Waals surface area contributed by atoms with E-state index in [4.69, 9.17) is 0 Å². The predicted octanol–water partition coefficient (Wildman–Crippen LogP) is 4.66. The van der Waals surface area contributed by atoms with Gasteiger partial charge in [-0.15, -0.1) is 0 Å². The van der Waals surface area contributed by atoms with Gasteiger partial charge in [0.05, 0.1) is 0 Å². The summed E-state index contributed by atoms with van der Waals surface area (Å²) in [5, 5.41) is 0. The Hall–Kier alpha value is -0.260. The Morgan fingerprint density at radius 1 is 0.923 bits per heavy atom. The summed E-state index contributed by atoms with van der Waals surface area (Å²) in [4.78, 5) is 0. The van der Waals surface area contributed by atoms with E-state index >= 15 is 0 Å². The third kappa shape index (κ3) is 5.13. The summed E-state index contributed by atoms with van der Waals surface area (Å²) < 4.78 is 0. The van der Waals surface area contributed by atoms with Crippen molar-refractivity contribution in [3.05, 3.63) is 12.2 Å². The maximum absolute atomic E-state index is 2.39. The lowest BCUT2D eigenvalue weighted by Gasteiger charge is -2.24. The molecular weight excluding hydrogens is 156 g/mol. The molecule has 0 aromatic carbocycles. The lowest BCUT2D eigenvalue weighted by molar-refractivity contribution is 0.274. The molecule has 78 valence electrons. The molecule has 0 aliphatic carbocycles. The minimum absolute atomic E-state index is 0.831. The van der Waals surface area contributed by atoms with Gasteiger partial charge in [-0.2, -0.15) is 0 Å². The van der Waals surface area contributed by atoms with Crippen LogP contribution in [-0.2, 0) is 0 Å². The van der Waals surface area contributed by atoms with Gasteiger partial charge in [-0.1, -0.05) is 53.2 Å². The van der Waals surface area contributed by atoms with Gasteiger partial charge in [-0.25, -0.2) is 0 Å². The highest BCUT2D eigenvalue weighted by Gasteiger charge is 2.16. The number of hydrogen-bond donors (Lipinski definition) is 0. The smallest absolute Gasteiger partial charge is 0.0322 e. The molecule has 0 aromatic heterocycles. The topological polar surface area (TPSA) is 0 Å². The van der Waals surface area contributed by atoms with Crippen molar-refractivity contribution in [1.29, 1.82) is 0 Å². The Morgan fingerprint density at radius 2 is 1.54 bits per heavy atom. The van der Waals surface area contributed by atoms with Gasteiger partial charge >= 0.3 is 0 Å². The van der Waals surface area contributed by atoms with Crippen molar-refractivity contribution in [3.8, 4) is 0 Å². The van der Waals surface area contributed by atoms with Crippen LogP contribution in [0.4, 0.5) is 0 Å². The van der Waals surface area contributed by atoms with Crippen molar-refractivity contribution in [3.63, 3.8) is 0 Å². The van der Waals surface area contributed by atoms with Crippen molar-refractivity contribution < 1.29 is 0 Å². The second-order valence-electron chi connectivity index (χ2n) is 4.34. The van der Waals surface area contributed by atoms with E-state index in [1.54, 1.807) is 0 Å². The maximum Gasteiger partial charge on any atom is -0.0322 e. The van der Waals surface area contributed by atoms with Gasteiger partial charge in [-0.3, -0.25) is 0 Å². The molecule has 0 aliphatic rings. The van der Waals surface area contributed by atoms with Crippen LogP contribution in [-0.4, -0.2) is 0 Å². The predicted molar refractivity (Wildman–Crippen MR) is 61.8 cm³/mol. The molecule has 0 nitrogen and oxygen atoms in total. The Bertz CT molecular complexity index is 135. The Kier molecular flexibility index (Phi) is 7.03. The van der Waals surface area contributed by atoms with E-state index in [1.165, 1.54) is 19.3 Å². The minimum atomic E-state index is 0.831. The molecule has 0 amide bonds. The molecular formula is C13H26. The minimum Gasteiger partial charge on any atom is -0.0888 e. The third-order valence-corrected chi connectivity index (χ3v) is 3.35. The molecule has 0 aromatic rings. The van der Waals surface area contributed by atoms with Crippen LogP contribution in [0.15, 0.2) is 12.2 Å². The van der Waals surface area contributed by atoms with Gasteiger partial charge in [-0.05, 0) is 30.6 Å².